The van der Waals surface area contributed by atoms with Crippen LogP contribution in [0.15, 0.2) is 58.4 Å². The second-order valence-electron chi connectivity index (χ2n) is 8.80. The van der Waals surface area contributed by atoms with Gasteiger partial charge in [0.25, 0.3) is 10.0 Å². The van der Waals surface area contributed by atoms with Crippen molar-refractivity contribution in [3.63, 3.8) is 0 Å². The first-order chi connectivity index (χ1) is 15.3. The summed E-state index contributed by atoms with van der Waals surface area (Å²) < 4.78 is 27.3. The Morgan fingerprint density at radius 1 is 1.03 bits per heavy atom. The number of aliphatic imine (C=N–C) groups is 1. The summed E-state index contributed by atoms with van der Waals surface area (Å²) in [4.78, 5) is 22.4. The summed E-state index contributed by atoms with van der Waals surface area (Å²) in [6.07, 6.45) is 0. The summed E-state index contributed by atoms with van der Waals surface area (Å²) >= 11 is 0. The van der Waals surface area contributed by atoms with Crippen LogP contribution in [0.2, 0.25) is 0 Å². The SMILES string of the molecule is Cc1ccccc1CN1CCN(C(=O)[C@@H](N=C2NS(=O)(=O)c3ccccc32)C(C)C)CC1. The number of carbonyl (C=O) groups is 1. The van der Waals surface area contributed by atoms with E-state index >= 15 is 0 Å². The second kappa shape index (κ2) is 9.03. The van der Waals surface area contributed by atoms with E-state index in [4.69, 9.17) is 0 Å². The van der Waals surface area contributed by atoms with Crippen LogP contribution in [0.1, 0.15) is 30.5 Å². The number of sulfonamides is 1. The Morgan fingerprint density at radius 3 is 2.38 bits per heavy atom. The van der Waals surface area contributed by atoms with Crippen LogP contribution in [0.4, 0.5) is 0 Å². The highest BCUT2D eigenvalue weighted by atomic mass is 32.2. The van der Waals surface area contributed by atoms with Crippen molar-refractivity contribution < 1.29 is 13.2 Å². The van der Waals surface area contributed by atoms with Crippen molar-refractivity contribution in [3.8, 4) is 0 Å². The van der Waals surface area contributed by atoms with Crippen LogP contribution < -0.4 is 4.72 Å². The molecule has 0 spiro atoms. The Kier molecular flexibility index (Phi) is 6.35. The lowest BCUT2D eigenvalue weighted by Gasteiger charge is -2.36. The van der Waals surface area contributed by atoms with Gasteiger partial charge in [0.05, 0.1) is 4.90 Å². The molecule has 0 aliphatic carbocycles. The molecular formula is C24H30N4O3S. The summed E-state index contributed by atoms with van der Waals surface area (Å²) in [5.41, 5.74) is 3.11. The van der Waals surface area contributed by atoms with Gasteiger partial charge in [0, 0.05) is 38.3 Å². The van der Waals surface area contributed by atoms with Crippen molar-refractivity contribution in [1.82, 2.24) is 14.5 Å². The second-order valence-corrected chi connectivity index (χ2v) is 10.4. The first-order valence-corrected chi connectivity index (χ1v) is 12.5. The van der Waals surface area contributed by atoms with Crippen molar-refractivity contribution >= 4 is 21.8 Å². The molecule has 0 aromatic heterocycles. The minimum Gasteiger partial charge on any atom is -0.338 e. The van der Waals surface area contributed by atoms with Gasteiger partial charge in [0.15, 0.2) is 0 Å². The number of aryl methyl sites for hydroxylation is 1. The molecule has 0 saturated carbocycles. The number of amides is 1. The van der Waals surface area contributed by atoms with E-state index < -0.39 is 16.1 Å². The maximum absolute atomic E-state index is 13.3. The fourth-order valence-electron chi connectivity index (χ4n) is 4.20. The van der Waals surface area contributed by atoms with E-state index in [1.54, 1.807) is 24.3 Å². The number of nitrogens with one attached hydrogen (secondary N) is 1. The number of nitrogens with zero attached hydrogens (tertiary/aromatic N) is 3. The zero-order valence-corrected chi connectivity index (χ0v) is 19.6. The molecule has 170 valence electrons. The zero-order valence-electron chi connectivity index (χ0n) is 18.8. The van der Waals surface area contributed by atoms with Crippen LogP contribution in [0.5, 0.6) is 0 Å². The van der Waals surface area contributed by atoms with Crippen LogP contribution in [0, 0.1) is 12.8 Å². The standard InChI is InChI=1S/C24H30N4O3S/c1-17(2)22(25-23-20-10-6-7-11-21(20)32(30,31)26-23)24(29)28-14-12-27(13-15-28)16-19-9-5-4-8-18(19)3/h4-11,17,22H,12-16H2,1-3H3,(H,25,26)/t22-/m0/s1. The first kappa shape index (κ1) is 22.5. The average Bonchev–Trinajstić information content (AvgIpc) is 3.04. The number of carbonyl (C=O) groups excluding carboxylic acids is 1. The summed E-state index contributed by atoms with van der Waals surface area (Å²) in [6.45, 7) is 9.77. The molecule has 2 aromatic rings. The number of piperazine rings is 1. The summed E-state index contributed by atoms with van der Waals surface area (Å²) in [7, 11) is -3.63. The van der Waals surface area contributed by atoms with Crippen molar-refractivity contribution in [1.29, 1.82) is 0 Å². The predicted octanol–water partition coefficient (Wildman–Crippen LogP) is 2.40. The molecule has 2 aliphatic heterocycles. The van der Waals surface area contributed by atoms with Gasteiger partial charge < -0.3 is 4.90 Å². The van der Waals surface area contributed by atoms with E-state index in [1.807, 2.05) is 24.8 Å². The number of rotatable bonds is 5. The topological polar surface area (TPSA) is 82.1 Å². The minimum absolute atomic E-state index is 0.0494. The van der Waals surface area contributed by atoms with Crippen LogP contribution in [-0.4, -0.2) is 62.2 Å². The Labute approximate surface area is 190 Å². The molecule has 2 aliphatic rings. The van der Waals surface area contributed by atoms with Gasteiger partial charge in [-0.15, -0.1) is 0 Å². The molecule has 32 heavy (non-hydrogen) atoms. The van der Waals surface area contributed by atoms with Gasteiger partial charge in [0.2, 0.25) is 5.91 Å². The van der Waals surface area contributed by atoms with Gasteiger partial charge in [-0.2, -0.15) is 0 Å². The minimum atomic E-state index is -3.63. The third-order valence-corrected chi connectivity index (χ3v) is 7.55. The van der Waals surface area contributed by atoms with Crippen LogP contribution in [0.25, 0.3) is 0 Å². The Balaban J connectivity index is 1.46. The van der Waals surface area contributed by atoms with Crippen molar-refractivity contribution in [2.75, 3.05) is 26.2 Å². The molecule has 7 nitrogen and oxygen atoms in total. The van der Waals surface area contributed by atoms with E-state index in [-0.39, 0.29) is 22.6 Å². The Hall–Kier alpha value is -2.71. The molecule has 0 radical (unpaired) electrons. The predicted molar refractivity (Wildman–Crippen MR) is 125 cm³/mol. The molecule has 2 aromatic carbocycles. The number of benzene rings is 2. The van der Waals surface area contributed by atoms with Gasteiger partial charge in [0.1, 0.15) is 11.9 Å². The normalized spacial score (nSPS) is 20.2. The van der Waals surface area contributed by atoms with E-state index in [0.717, 1.165) is 19.6 Å². The lowest BCUT2D eigenvalue weighted by molar-refractivity contribution is -0.135. The lowest BCUT2D eigenvalue weighted by Crippen LogP contribution is -2.52. The molecule has 8 heteroatoms. The highest BCUT2D eigenvalue weighted by Crippen LogP contribution is 2.24. The molecule has 4 rings (SSSR count). The first-order valence-electron chi connectivity index (χ1n) is 11.0. The van der Waals surface area contributed by atoms with E-state index in [1.165, 1.54) is 11.1 Å². The van der Waals surface area contributed by atoms with E-state index in [9.17, 15) is 13.2 Å². The monoisotopic (exact) mass is 454 g/mol. The molecule has 1 amide bonds. The molecule has 2 heterocycles. The number of hydrogen-bond acceptors (Lipinski definition) is 5. The zero-order chi connectivity index (χ0) is 22.9. The largest absolute Gasteiger partial charge is 0.338 e. The highest BCUT2D eigenvalue weighted by Gasteiger charge is 2.34. The summed E-state index contributed by atoms with van der Waals surface area (Å²) in [5, 5.41) is 0. The maximum atomic E-state index is 13.3. The Bertz CT molecular complexity index is 1140. The van der Waals surface area contributed by atoms with Crippen molar-refractivity contribution in [3.05, 3.63) is 65.2 Å². The van der Waals surface area contributed by atoms with Crippen LogP contribution in [-0.2, 0) is 21.4 Å². The molecule has 0 bridgehead atoms. The van der Waals surface area contributed by atoms with Crippen molar-refractivity contribution in [2.24, 2.45) is 10.9 Å². The van der Waals surface area contributed by atoms with Gasteiger partial charge in [-0.3, -0.25) is 19.4 Å². The summed E-state index contributed by atoms with van der Waals surface area (Å²) in [6, 6.07) is 14.5. The third-order valence-electron chi connectivity index (χ3n) is 6.15. The molecule has 0 unspecified atom stereocenters. The van der Waals surface area contributed by atoms with Crippen LogP contribution in [0.3, 0.4) is 0 Å². The third kappa shape index (κ3) is 4.56. The fraction of sp³-hybridized carbons (Fsp3) is 0.417. The molecule has 1 fully saturated rings. The lowest BCUT2D eigenvalue weighted by atomic mass is 10.0. The van der Waals surface area contributed by atoms with Gasteiger partial charge in [-0.25, -0.2) is 8.42 Å². The van der Waals surface area contributed by atoms with Gasteiger partial charge >= 0.3 is 0 Å². The number of hydrogen-bond donors (Lipinski definition) is 1. The van der Waals surface area contributed by atoms with Gasteiger partial charge in [-0.1, -0.05) is 50.2 Å². The van der Waals surface area contributed by atoms with Crippen molar-refractivity contribution in [2.45, 2.75) is 38.3 Å². The Morgan fingerprint density at radius 2 is 1.69 bits per heavy atom. The number of amidine groups is 1. The maximum Gasteiger partial charge on any atom is 0.263 e. The quantitative estimate of drug-likeness (QED) is 0.752. The average molecular weight is 455 g/mol. The summed E-state index contributed by atoms with van der Waals surface area (Å²) in [5.74, 6) is 0.148. The smallest absolute Gasteiger partial charge is 0.263 e. The number of fused-ring (bicyclic) bond motifs is 1. The van der Waals surface area contributed by atoms with Gasteiger partial charge in [-0.05, 0) is 36.1 Å². The van der Waals surface area contributed by atoms with E-state index in [2.05, 4.69) is 39.7 Å². The highest BCUT2D eigenvalue weighted by molar-refractivity contribution is 7.90. The van der Waals surface area contributed by atoms with E-state index in [0.29, 0.717) is 18.7 Å². The molecule has 1 N–H and O–H groups in total. The fourth-order valence-corrected chi connectivity index (χ4v) is 5.44. The van der Waals surface area contributed by atoms with Crippen LogP contribution >= 0.6 is 0 Å². The molecule has 1 saturated heterocycles. The molecule has 1 atom stereocenters. The molecular weight excluding hydrogens is 424 g/mol.